The van der Waals surface area contributed by atoms with Crippen LogP contribution in [-0.2, 0) is 14.3 Å². The molecule has 2 N–H and O–H groups in total. The van der Waals surface area contributed by atoms with Gasteiger partial charge in [-0.25, -0.2) is 9.59 Å². The van der Waals surface area contributed by atoms with Crippen molar-refractivity contribution in [2.75, 3.05) is 39.3 Å². The zero-order valence-electron chi connectivity index (χ0n) is 15.5. The number of ether oxygens (including phenoxy) is 1. The molecule has 0 aromatic rings. The third-order valence-electron chi connectivity index (χ3n) is 5.70. The first kappa shape index (κ1) is 19.2. The fourth-order valence-electron chi connectivity index (χ4n) is 3.94. The fourth-order valence-corrected chi connectivity index (χ4v) is 3.94. The molecule has 3 rings (SSSR count). The second kappa shape index (κ2) is 7.61. The molecule has 0 saturated carbocycles. The minimum Gasteiger partial charge on any atom is -0.465 e. The number of amides is 4. The molecule has 10 nitrogen and oxygen atoms in total. The standard InChI is InChI=1S/C17H26N4O6/c1-12-14(23)20(9-10-21(12)16(25)26)6-2-3-13(22)19-7-4-17(5-8-19)11-18-15(24)27-17/h12H,2-11H2,1H3,(H,18,24)(H,25,26)/t12-/m0/s1. The van der Waals surface area contributed by atoms with E-state index in [-0.39, 0.29) is 18.4 Å². The van der Waals surface area contributed by atoms with Gasteiger partial charge in [0.25, 0.3) is 0 Å². The zero-order chi connectivity index (χ0) is 19.6. The van der Waals surface area contributed by atoms with Gasteiger partial charge in [-0.2, -0.15) is 0 Å². The molecule has 1 atom stereocenters. The largest absolute Gasteiger partial charge is 0.465 e. The van der Waals surface area contributed by atoms with Crippen LogP contribution in [0, 0.1) is 0 Å². The molecule has 27 heavy (non-hydrogen) atoms. The molecule has 3 saturated heterocycles. The van der Waals surface area contributed by atoms with E-state index in [9.17, 15) is 19.2 Å². The first-order valence-electron chi connectivity index (χ1n) is 9.34. The number of piperazine rings is 1. The van der Waals surface area contributed by atoms with Crippen molar-refractivity contribution in [3.63, 3.8) is 0 Å². The molecule has 0 aromatic heterocycles. The van der Waals surface area contributed by atoms with Gasteiger partial charge in [0.15, 0.2) is 0 Å². The number of hydrogen-bond acceptors (Lipinski definition) is 5. The third kappa shape index (κ3) is 4.09. The lowest BCUT2D eigenvalue weighted by Crippen LogP contribution is -2.57. The van der Waals surface area contributed by atoms with E-state index in [2.05, 4.69) is 5.32 Å². The number of nitrogens with zero attached hydrogens (tertiary/aromatic N) is 3. The monoisotopic (exact) mass is 382 g/mol. The topological polar surface area (TPSA) is 119 Å². The van der Waals surface area contributed by atoms with Gasteiger partial charge in [-0.1, -0.05) is 0 Å². The molecule has 1 spiro atoms. The molecule has 0 bridgehead atoms. The Hall–Kier alpha value is -2.52. The summed E-state index contributed by atoms with van der Waals surface area (Å²) in [6.45, 7) is 4.29. The molecule has 0 aliphatic carbocycles. The highest BCUT2D eigenvalue weighted by Gasteiger charge is 2.43. The molecule has 0 aromatic carbocycles. The molecule has 3 fully saturated rings. The lowest BCUT2D eigenvalue weighted by Gasteiger charge is -2.38. The molecule has 0 unspecified atom stereocenters. The van der Waals surface area contributed by atoms with E-state index in [1.807, 2.05) is 0 Å². The Bertz CT molecular complexity index is 631. The van der Waals surface area contributed by atoms with Crippen molar-refractivity contribution in [2.45, 2.75) is 44.2 Å². The first-order valence-corrected chi connectivity index (χ1v) is 9.34. The van der Waals surface area contributed by atoms with Gasteiger partial charge in [-0.3, -0.25) is 14.5 Å². The van der Waals surface area contributed by atoms with Gasteiger partial charge in [0.05, 0.1) is 6.54 Å². The van der Waals surface area contributed by atoms with Crippen LogP contribution in [0.5, 0.6) is 0 Å². The summed E-state index contributed by atoms with van der Waals surface area (Å²) in [5, 5.41) is 11.7. The Labute approximate surface area is 157 Å². The maximum Gasteiger partial charge on any atom is 0.408 e. The van der Waals surface area contributed by atoms with Gasteiger partial charge >= 0.3 is 12.2 Å². The van der Waals surface area contributed by atoms with Crippen molar-refractivity contribution in [3.05, 3.63) is 0 Å². The summed E-state index contributed by atoms with van der Waals surface area (Å²) in [5.41, 5.74) is -0.472. The summed E-state index contributed by atoms with van der Waals surface area (Å²) in [6, 6.07) is -0.687. The van der Waals surface area contributed by atoms with E-state index in [0.717, 1.165) is 4.90 Å². The van der Waals surface area contributed by atoms with E-state index in [1.54, 1.807) is 16.7 Å². The number of carboxylic acid groups (broad SMARTS) is 1. The lowest BCUT2D eigenvalue weighted by molar-refractivity contribution is -0.141. The minimum absolute atomic E-state index is 0.0341. The number of hydrogen-bond donors (Lipinski definition) is 2. The second-order valence-electron chi connectivity index (χ2n) is 7.39. The van der Waals surface area contributed by atoms with Gasteiger partial charge < -0.3 is 25.0 Å². The van der Waals surface area contributed by atoms with E-state index in [1.165, 1.54) is 0 Å². The minimum atomic E-state index is -1.09. The summed E-state index contributed by atoms with van der Waals surface area (Å²) >= 11 is 0. The van der Waals surface area contributed by atoms with Crippen molar-refractivity contribution < 1.29 is 29.0 Å². The van der Waals surface area contributed by atoms with E-state index in [4.69, 9.17) is 9.84 Å². The van der Waals surface area contributed by atoms with Gasteiger partial charge in [0.1, 0.15) is 11.6 Å². The van der Waals surface area contributed by atoms with Crippen LogP contribution in [0.3, 0.4) is 0 Å². The SMILES string of the molecule is C[C@H]1C(=O)N(CCCC(=O)N2CCC3(CC2)CNC(=O)O3)CCN1C(=O)O. The normalized spacial score (nSPS) is 24.8. The van der Waals surface area contributed by atoms with Crippen LogP contribution in [-0.4, -0.2) is 94.7 Å². The van der Waals surface area contributed by atoms with Crippen molar-refractivity contribution in [1.82, 2.24) is 20.0 Å². The highest BCUT2D eigenvalue weighted by molar-refractivity contribution is 5.86. The maximum absolute atomic E-state index is 12.4. The summed E-state index contributed by atoms with van der Waals surface area (Å²) < 4.78 is 5.35. The summed E-state index contributed by atoms with van der Waals surface area (Å²) in [6.07, 6.45) is 0.664. The number of piperidine rings is 1. The Morgan fingerprint density at radius 3 is 2.52 bits per heavy atom. The molecular formula is C17H26N4O6. The van der Waals surface area contributed by atoms with E-state index in [0.29, 0.717) is 58.4 Å². The van der Waals surface area contributed by atoms with Crippen LogP contribution in [0.4, 0.5) is 9.59 Å². The number of carbonyl (C=O) groups excluding carboxylic acids is 3. The second-order valence-corrected chi connectivity index (χ2v) is 7.39. The number of carbonyl (C=O) groups is 4. The van der Waals surface area contributed by atoms with Crippen molar-refractivity contribution in [1.29, 1.82) is 0 Å². The molecule has 4 amide bonds. The molecule has 10 heteroatoms. The Balaban J connectivity index is 1.40. The summed E-state index contributed by atoms with van der Waals surface area (Å²) in [5.74, 6) is -0.182. The molecule has 150 valence electrons. The number of alkyl carbamates (subject to hydrolysis) is 1. The number of likely N-dealkylation sites (tertiary alicyclic amines) is 1. The Morgan fingerprint density at radius 2 is 1.93 bits per heavy atom. The van der Waals surface area contributed by atoms with Crippen LogP contribution < -0.4 is 5.32 Å². The van der Waals surface area contributed by atoms with Gasteiger partial charge in [-0.05, 0) is 13.3 Å². The number of nitrogens with one attached hydrogen (secondary N) is 1. The highest BCUT2D eigenvalue weighted by Crippen LogP contribution is 2.29. The van der Waals surface area contributed by atoms with E-state index < -0.39 is 23.8 Å². The van der Waals surface area contributed by atoms with Gasteiger partial charge in [-0.15, -0.1) is 0 Å². The van der Waals surface area contributed by atoms with Crippen LogP contribution in [0.1, 0.15) is 32.6 Å². The predicted molar refractivity (Wildman–Crippen MR) is 93.0 cm³/mol. The third-order valence-corrected chi connectivity index (χ3v) is 5.70. The highest BCUT2D eigenvalue weighted by atomic mass is 16.6. The summed E-state index contributed by atoms with van der Waals surface area (Å²) in [4.78, 5) is 51.6. The van der Waals surface area contributed by atoms with Crippen LogP contribution in [0.25, 0.3) is 0 Å². The molecular weight excluding hydrogens is 356 g/mol. The fraction of sp³-hybridized carbons (Fsp3) is 0.765. The first-order chi connectivity index (χ1) is 12.8. The smallest absolute Gasteiger partial charge is 0.408 e. The van der Waals surface area contributed by atoms with Gasteiger partial charge in [0, 0.05) is 52.0 Å². The molecule has 3 aliphatic rings. The maximum atomic E-state index is 12.4. The molecule has 3 heterocycles. The van der Waals surface area contributed by atoms with Crippen molar-refractivity contribution in [3.8, 4) is 0 Å². The summed E-state index contributed by atoms with van der Waals surface area (Å²) in [7, 11) is 0. The number of rotatable bonds is 4. The van der Waals surface area contributed by atoms with Crippen LogP contribution in [0.15, 0.2) is 0 Å². The predicted octanol–water partition coefficient (Wildman–Crippen LogP) is 0.0783. The van der Waals surface area contributed by atoms with Gasteiger partial charge in [0.2, 0.25) is 11.8 Å². The lowest BCUT2D eigenvalue weighted by atomic mass is 9.91. The van der Waals surface area contributed by atoms with Crippen LogP contribution in [0.2, 0.25) is 0 Å². The van der Waals surface area contributed by atoms with Crippen molar-refractivity contribution in [2.24, 2.45) is 0 Å². The average Bonchev–Trinajstić information content (AvgIpc) is 2.99. The quantitative estimate of drug-likeness (QED) is 0.711. The van der Waals surface area contributed by atoms with Crippen LogP contribution >= 0.6 is 0 Å². The van der Waals surface area contributed by atoms with E-state index >= 15 is 0 Å². The average molecular weight is 382 g/mol. The zero-order valence-corrected chi connectivity index (χ0v) is 15.5. The Kier molecular flexibility index (Phi) is 5.43. The molecule has 3 aliphatic heterocycles. The molecule has 0 radical (unpaired) electrons. The Morgan fingerprint density at radius 1 is 1.22 bits per heavy atom. The van der Waals surface area contributed by atoms with Crippen molar-refractivity contribution >= 4 is 24.0 Å².